The van der Waals surface area contributed by atoms with Crippen LogP contribution in [0.25, 0.3) is 16.5 Å². The van der Waals surface area contributed by atoms with E-state index in [0.29, 0.717) is 0 Å². The molecule has 15 heavy (non-hydrogen) atoms. The van der Waals surface area contributed by atoms with E-state index in [0.717, 1.165) is 15.3 Å². The third kappa shape index (κ3) is 2.50. The van der Waals surface area contributed by atoms with Gasteiger partial charge in [-0.05, 0) is 35.9 Å². The molecule has 2 aromatic heterocycles. The predicted octanol–water partition coefficient (Wildman–Crippen LogP) is 3.95. The van der Waals surface area contributed by atoms with Crippen LogP contribution in [-0.4, -0.2) is 4.98 Å². The quantitative estimate of drug-likeness (QED) is 0.743. The van der Waals surface area contributed by atoms with Gasteiger partial charge in [0.25, 0.3) is 0 Å². The highest BCUT2D eigenvalue weighted by Crippen LogP contribution is 2.28. The summed E-state index contributed by atoms with van der Waals surface area (Å²) >= 11 is 1.53. The summed E-state index contributed by atoms with van der Waals surface area (Å²) in [6.07, 6.45) is 4.91. The Morgan fingerprint density at radius 3 is 2.67 bits per heavy atom. The van der Waals surface area contributed by atoms with Crippen molar-refractivity contribution in [2.75, 3.05) is 0 Å². The molecule has 2 aromatic rings. The second kappa shape index (κ2) is 4.36. The average Bonchev–Trinajstić information content (AvgIpc) is 2.67. The van der Waals surface area contributed by atoms with Crippen LogP contribution < -0.4 is 0 Å². The first-order valence-corrected chi connectivity index (χ1v) is 5.27. The number of halogens is 1. The molecule has 0 saturated carbocycles. The number of nitrogens with zero attached hydrogens (tertiary/aromatic N) is 1. The normalized spacial score (nSPS) is 11.7. The summed E-state index contributed by atoms with van der Waals surface area (Å²) in [6.45, 7) is 3.21. The summed E-state index contributed by atoms with van der Waals surface area (Å²) in [4.78, 5) is 5.92. The van der Waals surface area contributed by atoms with Gasteiger partial charge in [-0.2, -0.15) is 0 Å². The summed E-state index contributed by atoms with van der Waals surface area (Å²) in [6, 6.07) is 7.71. The van der Waals surface area contributed by atoms with Crippen molar-refractivity contribution in [2.24, 2.45) is 0 Å². The predicted molar refractivity (Wildman–Crippen MR) is 62.0 cm³/mol. The zero-order chi connectivity index (χ0) is 10.7. The van der Waals surface area contributed by atoms with Gasteiger partial charge in [-0.1, -0.05) is 0 Å². The van der Waals surface area contributed by atoms with Gasteiger partial charge in [0.2, 0.25) is 0 Å². The molecule has 0 spiro atoms. The van der Waals surface area contributed by atoms with Crippen LogP contribution in [-0.2, 0) is 0 Å². The second-order valence-electron chi connectivity index (χ2n) is 3.03. The number of allylic oxidation sites excluding steroid dienone is 1. The Hall–Kier alpha value is -1.48. The third-order valence-electron chi connectivity index (χ3n) is 1.89. The maximum atomic E-state index is 12.5. The van der Waals surface area contributed by atoms with Crippen LogP contribution in [0.1, 0.15) is 4.88 Å². The van der Waals surface area contributed by atoms with Gasteiger partial charge in [-0.25, -0.2) is 4.39 Å². The van der Waals surface area contributed by atoms with Crippen molar-refractivity contribution in [3.05, 3.63) is 54.3 Å². The Labute approximate surface area is 91.9 Å². The summed E-state index contributed by atoms with van der Waals surface area (Å²) in [7, 11) is 0. The highest BCUT2D eigenvalue weighted by Gasteiger charge is 2.00. The Bertz CT molecular complexity index is 469. The van der Waals surface area contributed by atoms with Gasteiger partial charge in [-0.15, -0.1) is 11.3 Å². The Kier molecular flexibility index (Phi) is 2.92. The number of hydrogen-bond donors (Lipinski definition) is 0. The first-order valence-electron chi connectivity index (χ1n) is 4.45. The minimum atomic E-state index is -0.418. The maximum Gasteiger partial charge on any atom is 0.102 e. The SMILES string of the molecule is [CH2]/C(F)=C/c1ccc(-c2ccncc2)s1. The van der Waals surface area contributed by atoms with E-state index in [1.165, 1.54) is 17.4 Å². The molecule has 0 N–H and O–H groups in total. The van der Waals surface area contributed by atoms with Gasteiger partial charge in [0.05, 0.1) is 0 Å². The van der Waals surface area contributed by atoms with Crippen molar-refractivity contribution in [1.82, 2.24) is 4.98 Å². The van der Waals surface area contributed by atoms with Crippen LogP contribution in [0.4, 0.5) is 4.39 Å². The molecule has 0 aliphatic heterocycles. The van der Waals surface area contributed by atoms with Crippen LogP contribution in [0.15, 0.2) is 42.5 Å². The smallest absolute Gasteiger partial charge is 0.102 e. The molecule has 0 aromatic carbocycles. The van der Waals surface area contributed by atoms with Crippen molar-refractivity contribution in [3.8, 4) is 10.4 Å². The number of pyridine rings is 1. The Balaban J connectivity index is 2.32. The van der Waals surface area contributed by atoms with Gasteiger partial charge >= 0.3 is 0 Å². The van der Waals surface area contributed by atoms with E-state index in [-0.39, 0.29) is 0 Å². The van der Waals surface area contributed by atoms with Gasteiger partial charge in [0, 0.05) is 29.1 Å². The lowest BCUT2D eigenvalue weighted by Gasteiger charge is -1.93. The van der Waals surface area contributed by atoms with Crippen molar-refractivity contribution >= 4 is 17.4 Å². The molecule has 0 aliphatic rings. The van der Waals surface area contributed by atoms with Crippen LogP contribution in [0.5, 0.6) is 0 Å². The lowest BCUT2D eigenvalue weighted by Crippen LogP contribution is -1.71. The van der Waals surface area contributed by atoms with Crippen LogP contribution in [0.3, 0.4) is 0 Å². The number of hydrogen-bond acceptors (Lipinski definition) is 2. The molecule has 0 atom stereocenters. The number of rotatable bonds is 2. The zero-order valence-corrected chi connectivity index (χ0v) is 8.80. The van der Waals surface area contributed by atoms with Crippen molar-refractivity contribution in [3.63, 3.8) is 0 Å². The number of thiophene rings is 1. The van der Waals surface area contributed by atoms with Crippen LogP contribution >= 0.6 is 11.3 Å². The fourth-order valence-corrected chi connectivity index (χ4v) is 2.22. The highest BCUT2D eigenvalue weighted by molar-refractivity contribution is 7.16. The van der Waals surface area contributed by atoms with Crippen LogP contribution in [0.2, 0.25) is 0 Å². The Morgan fingerprint density at radius 2 is 2.00 bits per heavy atom. The number of aromatic nitrogens is 1. The van der Waals surface area contributed by atoms with Gasteiger partial charge in [0.1, 0.15) is 5.83 Å². The molecule has 0 bridgehead atoms. The third-order valence-corrected chi connectivity index (χ3v) is 2.97. The molecule has 0 fully saturated rings. The van der Waals surface area contributed by atoms with Gasteiger partial charge in [0.15, 0.2) is 0 Å². The fraction of sp³-hybridized carbons (Fsp3) is 0. The molecule has 0 unspecified atom stereocenters. The van der Waals surface area contributed by atoms with Crippen molar-refractivity contribution in [1.29, 1.82) is 0 Å². The van der Waals surface area contributed by atoms with Crippen molar-refractivity contribution < 1.29 is 4.39 Å². The van der Waals surface area contributed by atoms with E-state index in [4.69, 9.17) is 0 Å². The second-order valence-corrected chi connectivity index (χ2v) is 4.14. The molecule has 1 nitrogen and oxygen atoms in total. The summed E-state index contributed by atoms with van der Waals surface area (Å²) in [5.41, 5.74) is 1.10. The molecule has 0 aliphatic carbocycles. The molecule has 2 rings (SSSR count). The fourth-order valence-electron chi connectivity index (χ4n) is 1.26. The van der Waals surface area contributed by atoms with Crippen LogP contribution in [0, 0.1) is 6.92 Å². The van der Waals surface area contributed by atoms with E-state index in [1.54, 1.807) is 12.4 Å². The van der Waals surface area contributed by atoms with E-state index >= 15 is 0 Å². The van der Waals surface area contributed by atoms with E-state index in [1.807, 2.05) is 24.3 Å². The van der Waals surface area contributed by atoms with Crippen molar-refractivity contribution in [2.45, 2.75) is 0 Å². The average molecular weight is 218 g/mol. The minimum Gasteiger partial charge on any atom is -0.265 e. The van der Waals surface area contributed by atoms with Gasteiger partial charge < -0.3 is 0 Å². The van der Waals surface area contributed by atoms with E-state index in [2.05, 4.69) is 11.9 Å². The molecular formula is C12H9FNS. The topological polar surface area (TPSA) is 12.9 Å². The zero-order valence-electron chi connectivity index (χ0n) is 7.98. The summed E-state index contributed by atoms with van der Waals surface area (Å²) in [5, 5.41) is 0. The highest BCUT2D eigenvalue weighted by atomic mass is 32.1. The first kappa shape index (κ1) is 10.1. The molecule has 75 valence electrons. The minimum absolute atomic E-state index is 0.418. The first-order chi connectivity index (χ1) is 7.25. The molecule has 0 saturated heterocycles. The molecule has 0 amide bonds. The standard InChI is InChI=1S/C12H9FNS/c1-9(13)8-11-2-3-12(15-11)10-4-6-14-7-5-10/h2-8H,1H2/b9-8-. The van der Waals surface area contributed by atoms with E-state index < -0.39 is 5.83 Å². The summed E-state index contributed by atoms with van der Waals surface area (Å²) < 4.78 is 12.5. The lowest BCUT2D eigenvalue weighted by molar-refractivity contribution is 0.673. The largest absolute Gasteiger partial charge is 0.265 e. The lowest BCUT2D eigenvalue weighted by atomic mass is 10.2. The van der Waals surface area contributed by atoms with Gasteiger partial charge in [-0.3, -0.25) is 4.98 Å². The molecular weight excluding hydrogens is 209 g/mol. The summed E-state index contributed by atoms with van der Waals surface area (Å²) in [5.74, 6) is -0.418. The molecule has 2 heterocycles. The maximum absolute atomic E-state index is 12.5. The Morgan fingerprint density at radius 1 is 1.27 bits per heavy atom. The molecule has 3 heteroatoms. The van der Waals surface area contributed by atoms with E-state index in [9.17, 15) is 4.39 Å². The monoisotopic (exact) mass is 218 g/mol. The molecule has 1 radical (unpaired) electrons.